The van der Waals surface area contributed by atoms with Gasteiger partial charge in [-0.2, -0.15) is 0 Å². The monoisotopic (exact) mass is 210 g/mol. The van der Waals surface area contributed by atoms with Crippen LogP contribution in [0.1, 0.15) is 45.4 Å². The van der Waals surface area contributed by atoms with Gasteiger partial charge in [0.15, 0.2) is 0 Å². The number of nitrogens with one attached hydrogen (secondary N) is 1. The molecule has 0 saturated carbocycles. The van der Waals surface area contributed by atoms with Gasteiger partial charge >= 0.3 is 0 Å². The van der Waals surface area contributed by atoms with Crippen LogP contribution < -0.4 is 5.32 Å². The molecule has 2 aliphatic rings. The Hall–Kier alpha value is -0.0800. The Kier molecular flexibility index (Phi) is 4.45. The molecule has 2 aliphatic heterocycles. The van der Waals surface area contributed by atoms with Gasteiger partial charge in [-0.1, -0.05) is 13.3 Å². The molecule has 2 heterocycles. The molecule has 0 bridgehead atoms. The molecule has 0 radical (unpaired) electrons. The van der Waals surface area contributed by atoms with Crippen molar-refractivity contribution in [3.05, 3.63) is 0 Å². The van der Waals surface area contributed by atoms with Crippen LogP contribution in [0, 0.1) is 5.92 Å². The summed E-state index contributed by atoms with van der Waals surface area (Å²) in [5, 5.41) is 3.57. The third-order valence-corrected chi connectivity index (χ3v) is 4.05. The minimum Gasteiger partial charge on any atom is -0.316 e. The Balaban J connectivity index is 1.90. The van der Waals surface area contributed by atoms with Crippen LogP contribution in [0.3, 0.4) is 0 Å². The average Bonchev–Trinajstić information content (AvgIpc) is 2.31. The number of rotatable bonds is 3. The molecule has 15 heavy (non-hydrogen) atoms. The molecule has 2 atom stereocenters. The van der Waals surface area contributed by atoms with Crippen molar-refractivity contribution in [2.75, 3.05) is 26.2 Å². The summed E-state index contributed by atoms with van der Waals surface area (Å²) in [6.07, 6.45) is 8.50. The van der Waals surface area contributed by atoms with E-state index in [0.717, 1.165) is 12.0 Å². The Morgan fingerprint density at radius 1 is 1.20 bits per heavy atom. The topological polar surface area (TPSA) is 15.3 Å². The molecule has 2 rings (SSSR count). The second-order valence-corrected chi connectivity index (χ2v) is 5.21. The van der Waals surface area contributed by atoms with Crippen LogP contribution in [0.5, 0.6) is 0 Å². The predicted octanol–water partition coefficient (Wildman–Crippen LogP) is 2.25. The van der Waals surface area contributed by atoms with Crippen LogP contribution in [0.4, 0.5) is 0 Å². The van der Waals surface area contributed by atoms with Crippen molar-refractivity contribution in [1.82, 2.24) is 10.2 Å². The molecule has 0 aromatic rings. The first-order valence-corrected chi connectivity index (χ1v) is 6.86. The van der Waals surface area contributed by atoms with E-state index in [1.807, 2.05) is 0 Å². The van der Waals surface area contributed by atoms with Gasteiger partial charge in [-0.05, 0) is 64.2 Å². The van der Waals surface area contributed by atoms with Gasteiger partial charge in [-0.3, -0.25) is 0 Å². The van der Waals surface area contributed by atoms with E-state index in [1.165, 1.54) is 64.7 Å². The smallest absolute Gasteiger partial charge is 0.0136 e. The quantitative estimate of drug-likeness (QED) is 0.768. The van der Waals surface area contributed by atoms with E-state index in [9.17, 15) is 0 Å². The number of piperidine rings is 2. The SMILES string of the molecule is CCCN1CCCC[C@H]1[C@H]1CCCNC1. The van der Waals surface area contributed by atoms with Crippen LogP contribution in [0.2, 0.25) is 0 Å². The fourth-order valence-corrected chi connectivity index (χ4v) is 3.32. The summed E-state index contributed by atoms with van der Waals surface area (Å²) in [6, 6.07) is 0.895. The maximum atomic E-state index is 3.57. The van der Waals surface area contributed by atoms with Gasteiger partial charge in [0, 0.05) is 6.04 Å². The highest BCUT2D eigenvalue weighted by atomic mass is 15.2. The van der Waals surface area contributed by atoms with Gasteiger partial charge in [-0.15, -0.1) is 0 Å². The van der Waals surface area contributed by atoms with Crippen molar-refractivity contribution in [2.45, 2.75) is 51.5 Å². The molecule has 2 nitrogen and oxygen atoms in total. The summed E-state index contributed by atoms with van der Waals surface area (Å²) in [5.74, 6) is 0.936. The van der Waals surface area contributed by atoms with Crippen molar-refractivity contribution in [3.63, 3.8) is 0 Å². The summed E-state index contributed by atoms with van der Waals surface area (Å²) < 4.78 is 0. The second kappa shape index (κ2) is 5.86. The zero-order chi connectivity index (χ0) is 10.5. The van der Waals surface area contributed by atoms with Crippen LogP contribution in [-0.4, -0.2) is 37.1 Å². The summed E-state index contributed by atoms with van der Waals surface area (Å²) >= 11 is 0. The fraction of sp³-hybridized carbons (Fsp3) is 1.00. The summed E-state index contributed by atoms with van der Waals surface area (Å²) in [4.78, 5) is 2.77. The summed E-state index contributed by atoms with van der Waals surface area (Å²) in [7, 11) is 0. The summed E-state index contributed by atoms with van der Waals surface area (Å²) in [5.41, 5.74) is 0. The highest BCUT2D eigenvalue weighted by Crippen LogP contribution is 2.27. The molecule has 2 saturated heterocycles. The zero-order valence-corrected chi connectivity index (χ0v) is 10.2. The van der Waals surface area contributed by atoms with E-state index in [0.29, 0.717) is 0 Å². The van der Waals surface area contributed by atoms with Crippen molar-refractivity contribution in [3.8, 4) is 0 Å². The fourth-order valence-electron chi connectivity index (χ4n) is 3.32. The Morgan fingerprint density at radius 3 is 2.87 bits per heavy atom. The minimum absolute atomic E-state index is 0.895. The van der Waals surface area contributed by atoms with E-state index < -0.39 is 0 Å². The maximum Gasteiger partial charge on any atom is 0.0136 e. The standard InChI is InChI=1S/C13H26N2/c1-2-9-15-10-4-3-7-13(15)12-6-5-8-14-11-12/h12-14H,2-11H2,1H3/t12-,13-/m0/s1. The van der Waals surface area contributed by atoms with Crippen molar-refractivity contribution < 1.29 is 0 Å². The molecule has 1 N–H and O–H groups in total. The van der Waals surface area contributed by atoms with Gasteiger partial charge < -0.3 is 10.2 Å². The molecule has 0 aromatic heterocycles. The van der Waals surface area contributed by atoms with Gasteiger partial charge in [0.25, 0.3) is 0 Å². The van der Waals surface area contributed by atoms with E-state index >= 15 is 0 Å². The number of hydrogen-bond donors (Lipinski definition) is 1. The highest BCUT2D eigenvalue weighted by Gasteiger charge is 2.29. The molecule has 2 fully saturated rings. The van der Waals surface area contributed by atoms with Crippen LogP contribution >= 0.6 is 0 Å². The normalized spacial score (nSPS) is 34.2. The van der Waals surface area contributed by atoms with Gasteiger partial charge in [0.1, 0.15) is 0 Å². The average molecular weight is 210 g/mol. The predicted molar refractivity (Wildman–Crippen MR) is 65.1 cm³/mol. The van der Waals surface area contributed by atoms with Crippen molar-refractivity contribution >= 4 is 0 Å². The second-order valence-electron chi connectivity index (χ2n) is 5.21. The third-order valence-electron chi connectivity index (χ3n) is 4.05. The molecule has 0 amide bonds. The lowest BCUT2D eigenvalue weighted by molar-refractivity contribution is 0.0871. The molecule has 0 aromatic carbocycles. The molecule has 88 valence electrons. The lowest BCUT2D eigenvalue weighted by Gasteiger charge is -2.42. The molecule has 0 unspecified atom stereocenters. The zero-order valence-electron chi connectivity index (χ0n) is 10.2. The third kappa shape index (κ3) is 2.94. The molecule has 0 spiro atoms. The summed E-state index contributed by atoms with van der Waals surface area (Å²) in [6.45, 7) is 7.50. The number of hydrogen-bond acceptors (Lipinski definition) is 2. The van der Waals surface area contributed by atoms with Gasteiger partial charge in [0.2, 0.25) is 0 Å². The van der Waals surface area contributed by atoms with Crippen LogP contribution in [0.15, 0.2) is 0 Å². The maximum absolute atomic E-state index is 3.57. The first kappa shape index (κ1) is 11.4. The molecular formula is C13H26N2. The van der Waals surface area contributed by atoms with Crippen LogP contribution in [-0.2, 0) is 0 Å². The van der Waals surface area contributed by atoms with E-state index in [4.69, 9.17) is 0 Å². The van der Waals surface area contributed by atoms with Gasteiger partial charge in [0.05, 0.1) is 0 Å². The van der Waals surface area contributed by atoms with E-state index in [2.05, 4.69) is 17.1 Å². The minimum atomic E-state index is 0.895. The molecular weight excluding hydrogens is 184 g/mol. The Labute approximate surface area is 94.4 Å². The lowest BCUT2D eigenvalue weighted by atomic mass is 9.85. The Bertz CT molecular complexity index is 163. The largest absolute Gasteiger partial charge is 0.316 e. The molecule has 2 heteroatoms. The van der Waals surface area contributed by atoms with E-state index in [1.54, 1.807) is 0 Å². The number of nitrogens with zero attached hydrogens (tertiary/aromatic N) is 1. The number of likely N-dealkylation sites (tertiary alicyclic amines) is 1. The lowest BCUT2D eigenvalue weighted by Crippen LogP contribution is -2.48. The first-order chi connectivity index (χ1) is 7.42. The van der Waals surface area contributed by atoms with Crippen molar-refractivity contribution in [2.24, 2.45) is 5.92 Å². The van der Waals surface area contributed by atoms with Gasteiger partial charge in [-0.25, -0.2) is 0 Å². The van der Waals surface area contributed by atoms with E-state index in [-0.39, 0.29) is 0 Å². The highest BCUT2D eigenvalue weighted by molar-refractivity contribution is 4.86. The molecule has 0 aliphatic carbocycles. The first-order valence-electron chi connectivity index (χ1n) is 6.86. The Morgan fingerprint density at radius 2 is 2.13 bits per heavy atom. The van der Waals surface area contributed by atoms with Crippen LogP contribution in [0.25, 0.3) is 0 Å². The van der Waals surface area contributed by atoms with Crippen molar-refractivity contribution in [1.29, 1.82) is 0 Å².